The van der Waals surface area contributed by atoms with Gasteiger partial charge >= 0.3 is 0 Å². The predicted octanol–water partition coefficient (Wildman–Crippen LogP) is 3.27. The van der Waals surface area contributed by atoms with Crippen LogP contribution in [0.15, 0.2) is 72.6 Å². The number of hydrogen-bond donors (Lipinski definition) is 0. The first-order chi connectivity index (χ1) is 18.6. The van der Waals surface area contributed by atoms with Crippen molar-refractivity contribution in [3.05, 3.63) is 89.3 Å². The van der Waals surface area contributed by atoms with Gasteiger partial charge in [0.15, 0.2) is 23.9 Å². The third kappa shape index (κ3) is 5.20. The molecule has 38 heavy (non-hydrogen) atoms. The molecule has 196 valence electrons. The quantitative estimate of drug-likeness (QED) is 0.188. The van der Waals surface area contributed by atoms with Crippen molar-refractivity contribution in [3.8, 4) is 17.2 Å². The molecule has 1 saturated heterocycles. The lowest BCUT2D eigenvalue weighted by molar-refractivity contribution is -0.378. The van der Waals surface area contributed by atoms with Gasteiger partial charge in [-0.25, -0.2) is 4.98 Å². The number of rotatable bonds is 9. The Morgan fingerprint density at radius 3 is 2.68 bits per heavy atom. The van der Waals surface area contributed by atoms with E-state index in [9.17, 15) is 14.7 Å². The molecular formula is C30H30N2O6. The number of carbonyl (C=O) groups excluding carboxylic acids is 2. The van der Waals surface area contributed by atoms with Gasteiger partial charge in [-0.2, -0.15) is 0 Å². The molecule has 3 aromatic rings. The molecule has 0 radical (unpaired) electrons. The molecule has 2 aliphatic heterocycles. The van der Waals surface area contributed by atoms with Gasteiger partial charge in [-0.1, -0.05) is 43.7 Å². The number of aromatic amines is 1. The van der Waals surface area contributed by atoms with Gasteiger partial charge < -0.3 is 24.2 Å². The summed E-state index contributed by atoms with van der Waals surface area (Å²) in [5, 5.41) is 13.8. The lowest BCUT2D eigenvalue weighted by atomic mass is 9.95. The van der Waals surface area contributed by atoms with Crippen molar-refractivity contribution in [1.82, 2.24) is 4.90 Å². The van der Waals surface area contributed by atoms with E-state index in [-0.39, 0.29) is 17.7 Å². The van der Waals surface area contributed by atoms with Crippen molar-refractivity contribution >= 4 is 17.4 Å². The van der Waals surface area contributed by atoms with E-state index in [1.807, 2.05) is 36.4 Å². The van der Waals surface area contributed by atoms with E-state index in [2.05, 4.69) is 11.9 Å². The monoisotopic (exact) mass is 514 g/mol. The average Bonchev–Trinajstić information content (AvgIpc) is 3.20. The van der Waals surface area contributed by atoms with Crippen molar-refractivity contribution in [3.63, 3.8) is 0 Å². The van der Waals surface area contributed by atoms with Gasteiger partial charge in [-0.15, -0.1) is 0 Å². The highest BCUT2D eigenvalue weighted by atomic mass is 16.6. The lowest BCUT2D eigenvalue weighted by Gasteiger charge is -2.28. The van der Waals surface area contributed by atoms with Crippen molar-refractivity contribution in [1.29, 1.82) is 0 Å². The number of aromatic nitrogens is 1. The highest BCUT2D eigenvalue weighted by molar-refractivity contribution is 6.46. The largest absolute Gasteiger partial charge is 0.872 e. The predicted molar refractivity (Wildman–Crippen MR) is 137 cm³/mol. The van der Waals surface area contributed by atoms with Gasteiger partial charge in [0, 0.05) is 17.2 Å². The van der Waals surface area contributed by atoms with Crippen LogP contribution in [0.25, 0.3) is 5.76 Å². The van der Waals surface area contributed by atoms with Crippen LogP contribution in [0.5, 0.6) is 17.2 Å². The molecular weight excluding hydrogens is 484 g/mol. The summed E-state index contributed by atoms with van der Waals surface area (Å²) in [5.41, 5.74) is 1.61. The van der Waals surface area contributed by atoms with Crippen LogP contribution in [0.1, 0.15) is 48.9 Å². The number of nitrogens with zero attached hydrogens (tertiary/aromatic N) is 1. The topological polar surface area (TPSA) is 102 Å². The molecule has 3 heterocycles. The van der Waals surface area contributed by atoms with E-state index in [0.717, 1.165) is 24.8 Å². The number of fused-ring (bicyclic) bond motifs is 1. The number of nitrogens with one attached hydrogen (secondary N) is 1. The molecule has 0 saturated carbocycles. The fourth-order valence-electron chi connectivity index (χ4n) is 4.76. The number of amides is 1. The van der Waals surface area contributed by atoms with Crippen LogP contribution in [0.4, 0.5) is 0 Å². The van der Waals surface area contributed by atoms with Gasteiger partial charge in [-0.05, 0) is 47.9 Å². The Bertz CT molecular complexity index is 1350. The average molecular weight is 515 g/mol. The molecule has 1 unspecified atom stereocenters. The summed E-state index contributed by atoms with van der Waals surface area (Å²) in [6.45, 7) is 3.65. The number of carbonyl (C=O) groups is 2. The van der Waals surface area contributed by atoms with E-state index in [1.165, 1.54) is 4.90 Å². The van der Waals surface area contributed by atoms with Gasteiger partial charge in [0.1, 0.15) is 19.0 Å². The Morgan fingerprint density at radius 2 is 1.89 bits per heavy atom. The Kier molecular flexibility index (Phi) is 7.58. The molecule has 0 spiro atoms. The Labute approximate surface area is 221 Å². The standard InChI is InChI=1S/C30H30N2O6/c1-2-3-4-13-36-23-9-5-8-21(16-23)27-26(28(33)22-10-11-24-25(17-22)38-15-14-37-24)29(34)30(35)32(27)19-20-7-6-12-31-18-20/h5-12,16-18,27,33H,2-4,13-15,19H2,1H3/b28-26+. The minimum absolute atomic E-state index is 0.0882. The van der Waals surface area contributed by atoms with E-state index in [4.69, 9.17) is 14.2 Å². The van der Waals surface area contributed by atoms with Crippen molar-refractivity contribution < 1.29 is 33.9 Å². The summed E-state index contributed by atoms with van der Waals surface area (Å²) in [7, 11) is 0. The zero-order valence-electron chi connectivity index (χ0n) is 21.3. The maximum absolute atomic E-state index is 13.8. The summed E-state index contributed by atoms with van der Waals surface area (Å²) < 4.78 is 17.1. The maximum Gasteiger partial charge on any atom is 0.295 e. The van der Waals surface area contributed by atoms with E-state index < -0.39 is 23.5 Å². The van der Waals surface area contributed by atoms with Gasteiger partial charge in [-0.3, -0.25) is 9.59 Å². The van der Waals surface area contributed by atoms with E-state index >= 15 is 0 Å². The summed E-state index contributed by atoms with van der Waals surface area (Å²) in [5.74, 6) is -0.419. The molecule has 2 aliphatic rings. The normalized spacial score (nSPS) is 18.0. The number of pyridine rings is 1. The Balaban J connectivity index is 1.56. The van der Waals surface area contributed by atoms with E-state index in [1.54, 1.807) is 30.6 Å². The second-order valence-electron chi connectivity index (χ2n) is 9.31. The smallest absolute Gasteiger partial charge is 0.295 e. The minimum atomic E-state index is -0.866. The molecule has 0 bridgehead atoms. The van der Waals surface area contributed by atoms with Crippen LogP contribution in [0.3, 0.4) is 0 Å². The van der Waals surface area contributed by atoms with Gasteiger partial charge in [0.05, 0.1) is 19.2 Å². The molecule has 0 aliphatic carbocycles. The number of ketones is 1. The van der Waals surface area contributed by atoms with Crippen LogP contribution < -0.4 is 24.3 Å². The molecule has 1 amide bonds. The second-order valence-corrected chi connectivity index (χ2v) is 9.31. The summed E-state index contributed by atoms with van der Waals surface area (Å²) >= 11 is 0. The van der Waals surface area contributed by atoms with Crippen LogP contribution in [-0.4, -0.2) is 36.4 Å². The lowest BCUT2D eigenvalue weighted by Crippen LogP contribution is -2.29. The number of H-pyrrole nitrogens is 1. The summed E-state index contributed by atoms with van der Waals surface area (Å²) in [6, 6.07) is 14.9. The zero-order chi connectivity index (χ0) is 26.5. The van der Waals surface area contributed by atoms with Crippen molar-refractivity contribution in [2.45, 2.75) is 38.8 Å². The number of unbranched alkanes of at least 4 members (excludes halogenated alkanes) is 2. The van der Waals surface area contributed by atoms with Gasteiger partial charge in [0.25, 0.3) is 5.91 Å². The number of Topliss-reactive ketones (excluding diaryl/α,β-unsaturated/α-hetero) is 1. The summed E-state index contributed by atoms with van der Waals surface area (Å²) in [6.07, 6.45) is 6.61. The minimum Gasteiger partial charge on any atom is -0.872 e. The molecule has 1 aromatic heterocycles. The molecule has 2 aromatic carbocycles. The number of likely N-dealkylation sites (tertiary alicyclic amines) is 1. The maximum atomic E-state index is 13.8. The van der Waals surface area contributed by atoms with Crippen LogP contribution in [0.2, 0.25) is 0 Å². The highest BCUT2D eigenvalue weighted by Gasteiger charge is 2.44. The molecule has 8 heteroatoms. The molecule has 8 nitrogen and oxygen atoms in total. The number of ether oxygens (including phenoxy) is 3. The highest BCUT2D eigenvalue weighted by Crippen LogP contribution is 2.41. The SMILES string of the molecule is CCCCCOc1cccc(C2/C(=C(\[O-])c3ccc4c(c3)OCCO4)C(=O)C(=O)N2Cc2ccc[nH+]c2)c1. The first kappa shape index (κ1) is 25.3. The zero-order valence-corrected chi connectivity index (χ0v) is 21.3. The van der Waals surface area contributed by atoms with E-state index in [0.29, 0.717) is 42.6 Å². The Morgan fingerprint density at radius 1 is 1.05 bits per heavy atom. The van der Waals surface area contributed by atoms with Gasteiger partial charge in [0.2, 0.25) is 5.78 Å². The molecule has 5 rings (SSSR count). The third-order valence-corrected chi connectivity index (χ3v) is 6.65. The summed E-state index contributed by atoms with van der Waals surface area (Å²) in [4.78, 5) is 31.2. The fraction of sp³-hybridized carbons (Fsp3) is 0.300. The first-order valence-corrected chi connectivity index (χ1v) is 12.9. The third-order valence-electron chi connectivity index (χ3n) is 6.65. The number of benzene rings is 2. The Hall–Kier alpha value is -4.33. The van der Waals surface area contributed by atoms with Crippen LogP contribution >= 0.6 is 0 Å². The number of hydrogen-bond acceptors (Lipinski definition) is 6. The van der Waals surface area contributed by atoms with Crippen LogP contribution in [-0.2, 0) is 16.1 Å². The first-order valence-electron chi connectivity index (χ1n) is 12.9. The molecule has 1 atom stereocenters. The molecule has 1 N–H and O–H groups in total. The second kappa shape index (κ2) is 11.4. The van der Waals surface area contributed by atoms with Crippen molar-refractivity contribution in [2.75, 3.05) is 19.8 Å². The van der Waals surface area contributed by atoms with Crippen LogP contribution in [0, 0.1) is 0 Å². The molecule has 1 fully saturated rings. The fourth-order valence-corrected chi connectivity index (χ4v) is 4.76. The van der Waals surface area contributed by atoms with Crippen molar-refractivity contribution in [2.24, 2.45) is 0 Å².